The maximum atomic E-state index is 12.5. The molecule has 3 amide bonds. The average molecular weight is 428 g/mol. The number of methoxy groups -OCH3 is 2. The molecule has 0 radical (unpaired) electrons. The predicted octanol–water partition coefficient (Wildman–Crippen LogP) is 2.98. The van der Waals surface area contributed by atoms with E-state index in [4.69, 9.17) is 4.74 Å². The lowest BCUT2D eigenvalue weighted by atomic mass is 9.99. The van der Waals surface area contributed by atoms with Crippen LogP contribution in [-0.2, 0) is 25.5 Å². The molecule has 0 unspecified atom stereocenters. The van der Waals surface area contributed by atoms with Gasteiger partial charge in [0.2, 0.25) is 5.91 Å². The Morgan fingerprint density at radius 3 is 2.23 bits per heavy atom. The molecule has 0 aliphatic rings. The Bertz CT molecular complexity index is 886. The summed E-state index contributed by atoms with van der Waals surface area (Å²) in [7, 11) is 4.52. The third kappa shape index (κ3) is 7.42. The van der Waals surface area contributed by atoms with E-state index in [2.05, 4.69) is 15.4 Å². The fourth-order valence-electron chi connectivity index (χ4n) is 3.07. The summed E-state index contributed by atoms with van der Waals surface area (Å²) in [5.41, 5.74) is 1.30. The van der Waals surface area contributed by atoms with Crippen LogP contribution in [0.3, 0.4) is 0 Å². The van der Waals surface area contributed by atoms with Gasteiger partial charge in [0, 0.05) is 25.5 Å². The zero-order valence-electron chi connectivity index (χ0n) is 18.3. The van der Waals surface area contributed by atoms with Crippen LogP contribution in [0.15, 0.2) is 54.6 Å². The molecular weight excluding hydrogens is 398 g/mol. The van der Waals surface area contributed by atoms with Gasteiger partial charge in [0.1, 0.15) is 0 Å². The molecule has 8 nitrogen and oxygen atoms in total. The second-order valence-corrected chi connectivity index (χ2v) is 7.49. The average Bonchev–Trinajstić information content (AvgIpc) is 2.74. The number of amides is 3. The molecule has 2 rings (SSSR count). The van der Waals surface area contributed by atoms with Crippen LogP contribution in [-0.4, -0.2) is 51.3 Å². The molecule has 2 N–H and O–H groups in total. The van der Waals surface area contributed by atoms with Crippen LogP contribution in [0, 0.1) is 0 Å². The summed E-state index contributed by atoms with van der Waals surface area (Å²) >= 11 is 0. The molecule has 1 atom stereocenters. The minimum atomic E-state index is -0.916. The van der Waals surface area contributed by atoms with Gasteiger partial charge in [-0.05, 0) is 36.8 Å². The first-order valence-corrected chi connectivity index (χ1v) is 9.82. The summed E-state index contributed by atoms with van der Waals surface area (Å²) in [6.07, 6.45) is 0.212. The van der Waals surface area contributed by atoms with Crippen molar-refractivity contribution in [1.29, 1.82) is 0 Å². The zero-order chi connectivity index (χ0) is 22.9. The number of para-hydroxylation sites is 1. The Morgan fingerprint density at radius 1 is 1.00 bits per heavy atom. The third-order valence-corrected chi connectivity index (χ3v) is 4.73. The quantitative estimate of drug-likeness (QED) is 0.600. The first kappa shape index (κ1) is 23.9. The van der Waals surface area contributed by atoms with Crippen molar-refractivity contribution < 1.29 is 23.9 Å². The monoisotopic (exact) mass is 427 g/mol. The lowest BCUT2D eigenvalue weighted by molar-refractivity contribution is -0.142. The van der Waals surface area contributed by atoms with Crippen LogP contribution in [0.4, 0.5) is 16.2 Å². The van der Waals surface area contributed by atoms with Gasteiger partial charge in [0.25, 0.3) is 0 Å². The number of carbonyl (C=O) groups excluding carboxylic acids is 3. The van der Waals surface area contributed by atoms with Crippen molar-refractivity contribution in [3.05, 3.63) is 60.2 Å². The standard InChI is InChI=1S/C23H29N3O5/c1-23(16-30-3,15-21(28)31-4)25-22(29)24-18-12-10-17(11-13-18)14-20(27)26(2)19-8-6-5-7-9-19/h5-13H,14-16H2,1-4H3,(H2,24,25,29)/t23-/m0/s1. The molecule has 0 fully saturated rings. The van der Waals surface area contributed by atoms with Gasteiger partial charge >= 0.3 is 12.0 Å². The largest absolute Gasteiger partial charge is 0.469 e. The molecule has 0 saturated carbocycles. The summed E-state index contributed by atoms with van der Waals surface area (Å²) in [5, 5.41) is 5.47. The molecule has 0 aliphatic carbocycles. The number of rotatable bonds is 9. The van der Waals surface area contributed by atoms with Crippen molar-refractivity contribution in [1.82, 2.24) is 5.32 Å². The number of anilines is 2. The second-order valence-electron chi connectivity index (χ2n) is 7.49. The lowest BCUT2D eigenvalue weighted by Crippen LogP contribution is -2.52. The summed E-state index contributed by atoms with van der Waals surface area (Å²) in [6, 6.07) is 16.0. The van der Waals surface area contributed by atoms with Gasteiger partial charge in [0.15, 0.2) is 0 Å². The molecule has 0 bridgehead atoms. The van der Waals surface area contributed by atoms with E-state index in [0.717, 1.165) is 11.3 Å². The Morgan fingerprint density at radius 2 is 1.65 bits per heavy atom. The van der Waals surface area contributed by atoms with Gasteiger partial charge in [0.05, 0.1) is 32.1 Å². The predicted molar refractivity (Wildman–Crippen MR) is 119 cm³/mol. The van der Waals surface area contributed by atoms with Gasteiger partial charge in [-0.3, -0.25) is 9.59 Å². The molecule has 2 aromatic carbocycles. The SMILES string of the molecule is COC[C@](C)(CC(=O)OC)NC(=O)Nc1ccc(CC(=O)N(C)c2ccccc2)cc1. The first-order valence-electron chi connectivity index (χ1n) is 9.82. The lowest BCUT2D eigenvalue weighted by Gasteiger charge is -2.29. The fraction of sp³-hybridized carbons (Fsp3) is 0.348. The fourth-order valence-corrected chi connectivity index (χ4v) is 3.07. The molecule has 0 spiro atoms. The van der Waals surface area contributed by atoms with Crippen LogP contribution < -0.4 is 15.5 Å². The van der Waals surface area contributed by atoms with E-state index >= 15 is 0 Å². The minimum absolute atomic E-state index is 0.0270. The number of hydrogen-bond acceptors (Lipinski definition) is 5. The molecule has 0 aliphatic heterocycles. The van der Waals surface area contributed by atoms with E-state index in [0.29, 0.717) is 5.69 Å². The number of likely N-dealkylation sites (N-methyl/N-ethyl adjacent to an activating group) is 1. The molecule has 8 heteroatoms. The molecule has 0 saturated heterocycles. The summed E-state index contributed by atoms with van der Waals surface area (Å²) in [5.74, 6) is -0.489. The van der Waals surface area contributed by atoms with Crippen LogP contribution in [0.25, 0.3) is 0 Å². The number of nitrogens with zero attached hydrogens (tertiary/aromatic N) is 1. The maximum absolute atomic E-state index is 12.5. The minimum Gasteiger partial charge on any atom is -0.469 e. The van der Waals surface area contributed by atoms with Crippen molar-refractivity contribution in [2.45, 2.75) is 25.3 Å². The molecule has 166 valence electrons. The van der Waals surface area contributed by atoms with Crippen molar-refractivity contribution in [2.75, 3.05) is 38.1 Å². The number of ether oxygens (including phenoxy) is 2. The molecule has 0 aromatic heterocycles. The maximum Gasteiger partial charge on any atom is 0.319 e. The van der Waals surface area contributed by atoms with E-state index in [1.54, 1.807) is 43.1 Å². The normalized spacial score (nSPS) is 12.4. The van der Waals surface area contributed by atoms with Crippen molar-refractivity contribution in [3.8, 4) is 0 Å². The topological polar surface area (TPSA) is 97.0 Å². The Labute approximate surface area is 182 Å². The van der Waals surface area contributed by atoms with Crippen LogP contribution in [0.2, 0.25) is 0 Å². The Balaban J connectivity index is 1.94. The molecule has 2 aromatic rings. The highest BCUT2D eigenvalue weighted by Crippen LogP contribution is 2.16. The highest BCUT2D eigenvalue weighted by atomic mass is 16.5. The van der Waals surface area contributed by atoms with Gasteiger partial charge in [-0.25, -0.2) is 4.79 Å². The highest BCUT2D eigenvalue weighted by Gasteiger charge is 2.30. The highest BCUT2D eigenvalue weighted by molar-refractivity contribution is 5.94. The van der Waals surface area contributed by atoms with E-state index in [1.165, 1.54) is 14.2 Å². The second kappa shape index (κ2) is 11.1. The molecule has 31 heavy (non-hydrogen) atoms. The Hall–Kier alpha value is -3.39. The zero-order valence-corrected chi connectivity index (χ0v) is 18.3. The molecule has 0 heterocycles. The van der Waals surface area contributed by atoms with Gasteiger partial charge in [-0.1, -0.05) is 30.3 Å². The van der Waals surface area contributed by atoms with E-state index in [1.807, 2.05) is 30.3 Å². The summed E-state index contributed by atoms with van der Waals surface area (Å²) in [4.78, 5) is 38.1. The van der Waals surface area contributed by atoms with Crippen LogP contribution in [0.5, 0.6) is 0 Å². The first-order chi connectivity index (χ1) is 14.8. The number of esters is 1. The van der Waals surface area contributed by atoms with E-state index < -0.39 is 17.5 Å². The number of nitrogens with one attached hydrogen (secondary N) is 2. The van der Waals surface area contributed by atoms with Crippen molar-refractivity contribution in [3.63, 3.8) is 0 Å². The van der Waals surface area contributed by atoms with E-state index in [9.17, 15) is 14.4 Å². The summed E-state index contributed by atoms with van der Waals surface area (Å²) < 4.78 is 9.81. The van der Waals surface area contributed by atoms with Crippen molar-refractivity contribution in [2.24, 2.45) is 0 Å². The Kier molecular flexibility index (Phi) is 8.57. The summed E-state index contributed by atoms with van der Waals surface area (Å²) in [6.45, 7) is 1.84. The van der Waals surface area contributed by atoms with Crippen molar-refractivity contribution >= 4 is 29.3 Å². The smallest absolute Gasteiger partial charge is 0.319 e. The third-order valence-electron chi connectivity index (χ3n) is 4.73. The number of benzene rings is 2. The number of urea groups is 1. The van der Waals surface area contributed by atoms with Gasteiger partial charge in [-0.15, -0.1) is 0 Å². The van der Waals surface area contributed by atoms with Gasteiger partial charge in [-0.2, -0.15) is 0 Å². The molecular formula is C23H29N3O5. The number of hydrogen-bond donors (Lipinski definition) is 2. The van der Waals surface area contributed by atoms with E-state index in [-0.39, 0.29) is 25.4 Å². The van der Waals surface area contributed by atoms with Gasteiger partial charge < -0.3 is 25.0 Å². The van der Waals surface area contributed by atoms with Crippen LogP contribution >= 0.6 is 0 Å². The van der Waals surface area contributed by atoms with Crippen LogP contribution in [0.1, 0.15) is 18.9 Å². The number of carbonyl (C=O) groups is 3.